The third kappa shape index (κ3) is 0.958. The molecule has 5 heteroatoms. The zero-order valence-corrected chi connectivity index (χ0v) is 11.3. The Labute approximate surface area is 109 Å². The molecule has 0 aromatic heterocycles. The van der Waals surface area contributed by atoms with E-state index in [1.807, 2.05) is 0 Å². The van der Waals surface area contributed by atoms with Crippen molar-refractivity contribution in [2.24, 2.45) is 0 Å². The normalized spacial score (nSPS) is 49.3. The van der Waals surface area contributed by atoms with Crippen molar-refractivity contribution >= 4 is 0 Å². The van der Waals surface area contributed by atoms with E-state index in [-0.39, 0.29) is 17.4 Å². The third-order valence-electron chi connectivity index (χ3n) is 6.02. The van der Waals surface area contributed by atoms with Crippen LogP contribution in [-0.2, 0) is 0 Å². The molecule has 0 aromatic rings. The van der Waals surface area contributed by atoms with Crippen molar-refractivity contribution in [3.63, 3.8) is 0 Å². The van der Waals surface area contributed by atoms with Crippen LogP contribution in [0.3, 0.4) is 0 Å². The lowest BCUT2D eigenvalue weighted by molar-refractivity contribution is -0.0762. The van der Waals surface area contributed by atoms with Crippen LogP contribution < -0.4 is 0 Å². The van der Waals surface area contributed by atoms with Crippen molar-refractivity contribution in [3.8, 4) is 6.07 Å². The highest BCUT2D eigenvalue weighted by Gasteiger charge is 2.70. The van der Waals surface area contributed by atoms with Gasteiger partial charge in [-0.1, -0.05) is 0 Å². The maximum Gasteiger partial charge on any atom is 0.106 e. The molecule has 0 radical (unpaired) electrons. The van der Waals surface area contributed by atoms with Gasteiger partial charge in [0.2, 0.25) is 0 Å². The fourth-order valence-electron chi connectivity index (χ4n) is 4.78. The molecular formula is C13H21N5. The Morgan fingerprint density at radius 3 is 2.39 bits per heavy atom. The second-order valence-electron chi connectivity index (χ2n) is 6.37. The number of hydrogen-bond acceptors (Lipinski definition) is 5. The molecule has 3 atom stereocenters. The lowest BCUT2D eigenvalue weighted by Crippen LogP contribution is -2.69. The fourth-order valence-corrected chi connectivity index (χ4v) is 4.78. The maximum absolute atomic E-state index is 9.43. The molecule has 4 saturated heterocycles. The molecule has 0 amide bonds. The Balaban J connectivity index is 1.85. The summed E-state index contributed by atoms with van der Waals surface area (Å²) in [6.07, 6.45) is 2.24. The van der Waals surface area contributed by atoms with Gasteiger partial charge < -0.3 is 0 Å². The largest absolute Gasteiger partial charge is 0.270 e. The standard InChI is InChI=1S/C13H21N5/c1-12-13(2)17-7-4-11(8-14)18(13)10-16(12)6-3-5-15(12)9-17/h11H,3-7,9-10H2,1-2H3/t11?,12-,13+/m0/s1. The van der Waals surface area contributed by atoms with Crippen LogP contribution >= 0.6 is 0 Å². The third-order valence-corrected chi connectivity index (χ3v) is 6.02. The maximum atomic E-state index is 9.43. The van der Waals surface area contributed by atoms with Crippen LogP contribution in [0.2, 0.25) is 0 Å². The number of nitrogens with zero attached hydrogens (tertiary/aromatic N) is 5. The van der Waals surface area contributed by atoms with E-state index in [1.54, 1.807) is 0 Å². The van der Waals surface area contributed by atoms with Crippen molar-refractivity contribution in [3.05, 3.63) is 0 Å². The Morgan fingerprint density at radius 2 is 1.67 bits per heavy atom. The van der Waals surface area contributed by atoms with Crippen LogP contribution in [0.15, 0.2) is 0 Å². The lowest BCUT2D eigenvalue weighted by Gasteiger charge is -2.52. The molecule has 0 aliphatic carbocycles. The van der Waals surface area contributed by atoms with Gasteiger partial charge in [-0.2, -0.15) is 5.26 Å². The summed E-state index contributed by atoms with van der Waals surface area (Å²) in [6, 6.07) is 2.61. The van der Waals surface area contributed by atoms with Gasteiger partial charge in [0.25, 0.3) is 0 Å². The molecule has 0 spiro atoms. The van der Waals surface area contributed by atoms with Crippen LogP contribution in [0.25, 0.3) is 0 Å². The predicted molar refractivity (Wildman–Crippen MR) is 67.1 cm³/mol. The molecule has 0 aromatic carbocycles. The van der Waals surface area contributed by atoms with E-state index in [0.29, 0.717) is 0 Å². The van der Waals surface area contributed by atoms with E-state index in [9.17, 15) is 5.26 Å². The first-order valence-corrected chi connectivity index (χ1v) is 7.04. The Kier molecular flexibility index (Phi) is 2.02. The molecule has 98 valence electrons. The van der Waals surface area contributed by atoms with E-state index in [4.69, 9.17) is 0 Å². The van der Waals surface area contributed by atoms with E-state index < -0.39 is 0 Å². The number of hydrogen-bond donors (Lipinski definition) is 0. The van der Waals surface area contributed by atoms with Gasteiger partial charge in [-0.25, -0.2) is 0 Å². The Hall–Kier alpha value is -0.670. The highest BCUT2D eigenvalue weighted by molar-refractivity contribution is 5.21. The molecular weight excluding hydrogens is 226 g/mol. The van der Waals surface area contributed by atoms with Crippen molar-refractivity contribution in [1.29, 1.82) is 5.26 Å². The molecule has 0 N–H and O–H groups in total. The van der Waals surface area contributed by atoms with Crippen molar-refractivity contribution in [2.45, 2.75) is 44.1 Å². The topological polar surface area (TPSA) is 36.8 Å². The molecule has 4 aliphatic heterocycles. The van der Waals surface area contributed by atoms with Crippen molar-refractivity contribution in [1.82, 2.24) is 19.6 Å². The van der Waals surface area contributed by atoms with Gasteiger partial charge in [-0.05, 0) is 26.7 Å². The van der Waals surface area contributed by atoms with Crippen molar-refractivity contribution in [2.75, 3.05) is 33.0 Å². The average molecular weight is 247 g/mol. The highest BCUT2D eigenvalue weighted by Crippen LogP contribution is 2.53. The van der Waals surface area contributed by atoms with E-state index in [2.05, 4.69) is 39.5 Å². The minimum atomic E-state index is 0.0199. The Morgan fingerprint density at radius 1 is 1.00 bits per heavy atom. The Bertz CT molecular complexity index is 432. The molecule has 0 saturated carbocycles. The highest BCUT2D eigenvalue weighted by atomic mass is 15.7. The van der Waals surface area contributed by atoms with Gasteiger partial charge in [-0.3, -0.25) is 19.6 Å². The minimum Gasteiger partial charge on any atom is -0.270 e. The average Bonchev–Trinajstić information content (AvgIpc) is 2.75. The summed E-state index contributed by atoms with van der Waals surface area (Å²) in [6.45, 7) is 10.2. The first-order chi connectivity index (χ1) is 8.62. The summed E-state index contributed by atoms with van der Waals surface area (Å²) >= 11 is 0. The zero-order valence-electron chi connectivity index (χ0n) is 11.3. The summed E-state index contributed by atoms with van der Waals surface area (Å²) in [7, 11) is 0. The molecule has 18 heavy (non-hydrogen) atoms. The van der Waals surface area contributed by atoms with Crippen molar-refractivity contribution < 1.29 is 0 Å². The van der Waals surface area contributed by atoms with E-state index in [0.717, 1.165) is 26.3 Å². The van der Waals surface area contributed by atoms with Gasteiger partial charge >= 0.3 is 0 Å². The molecule has 4 fully saturated rings. The first-order valence-electron chi connectivity index (χ1n) is 7.04. The zero-order chi connectivity index (χ0) is 12.5. The number of rotatable bonds is 0. The summed E-state index contributed by atoms with van der Waals surface area (Å²) in [5, 5.41) is 9.43. The quantitative estimate of drug-likeness (QED) is 0.614. The van der Waals surface area contributed by atoms with Crippen LogP contribution in [0.4, 0.5) is 0 Å². The van der Waals surface area contributed by atoms with E-state index >= 15 is 0 Å². The van der Waals surface area contributed by atoms with Gasteiger partial charge in [0.05, 0.1) is 19.4 Å². The van der Waals surface area contributed by atoms with E-state index in [1.165, 1.54) is 19.5 Å². The lowest BCUT2D eigenvalue weighted by atomic mass is 9.90. The van der Waals surface area contributed by atoms with Gasteiger partial charge in [-0.15, -0.1) is 0 Å². The van der Waals surface area contributed by atoms with Crippen LogP contribution in [0.5, 0.6) is 0 Å². The molecule has 5 nitrogen and oxygen atoms in total. The summed E-state index contributed by atoms with van der Waals surface area (Å²) in [5.41, 5.74) is 0.118. The summed E-state index contributed by atoms with van der Waals surface area (Å²) in [5.74, 6) is 0. The van der Waals surface area contributed by atoms with Gasteiger partial charge in [0, 0.05) is 19.6 Å². The summed E-state index contributed by atoms with van der Waals surface area (Å²) in [4.78, 5) is 10.2. The van der Waals surface area contributed by atoms with Gasteiger partial charge in [0.15, 0.2) is 0 Å². The molecule has 4 heterocycles. The second kappa shape index (κ2) is 3.26. The molecule has 1 unspecified atom stereocenters. The molecule has 4 aliphatic rings. The fraction of sp³-hybridized carbons (Fsp3) is 0.923. The smallest absolute Gasteiger partial charge is 0.106 e. The van der Waals surface area contributed by atoms with Gasteiger partial charge in [0.1, 0.15) is 17.4 Å². The van der Waals surface area contributed by atoms with Crippen LogP contribution in [-0.4, -0.2) is 69.9 Å². The van der Waals surface area contributed by atoms with Crippen LogP contribution in [0, 0.1) is 11.3 Å². The minimum absolute atomic E-state index is 0.0199. The second-order valence-corrected chi connectivity index (χ2v) is 6.37. The predicted octanol–water partition coefficient (Wildman–Crippen LogP) is 0.269. The monoisotopic (exact) mass is 247 g/mol. The number of nitriles is 1. The molecule has 0 bridgehead atoms. The van der Waals surface area contributed by atoms with Crippen LogP contribution in [0.1, 0.15) is 26.7 Å². The summed E-state index contributed by atoms with van der Waals surface area (Å²) < 4.78 is 0. The molecule has 4 rings (SSSR count). The SMILES string of the molecule is C[C@]12N3CCCN1CN1C(C#N)CCN(C3)[C@]12C. The first kappa shape index (κ1) is 11.2.